The summed E-state index contributed by atoms with van der Waals surface area (Å²) < 4.78 is 11.6. The van der Waals surface area contributed by atoms with Gasteiger partial charge in [0.1, 0.15) is 12.4 Å². The van der Waals surface area contributed by atoms with Gasteiger partial charge in [-0.05, 0) is 50.9 Å². The van der Waals surface area contributed by atoms with E-state index in [1.165, 1.54) is 16.7 Å². The fourth-order valence-electron chi connectivity index (χ4n) is 2.65. The maximum absolute atomic E-state index is 6.10. The number of aryl methyl sites for hydroxylation is 2. The van der Waals surface area contributed by atoms with Crippen LogP contribution in [0.2, 0.25) is 0 Å². The summed E-state index contributed by atoms with van der Waals surface area (Å²) in [7, 11) is 2.00. The molecule has 1 aromatic rings. The van der Waals surface area contributed by atoms with Crippen LogP contribution in [0.3, 0.4) is 0 Å². The van der Waals surface area contributed by atoms with Crippen molar-refractivity contribution in [1.29, 1.82) is 0 Å². The Labute approximate surface area is 116 Å². The van der Waals surface area contributed by atoms with Gasteiger partial charge in [0.2, 0.25) is 0 Å². The van der Waals surface area contributed by atoms with Gasteiger partial charge in [-0.1, -0.05) is 12.1 Å². The molecule has 106 valence electrons. The Bertz CT molecular complexity index is 425. The highest BCUT2D eigenvalue weighted by atomic mass is 16.5. The highest BCUT2D eigenvalue weighted by Gasteiger charge is 2.25. The third-order valence-electron chi connectivity index (χ3n) is 4.19. The fraction of sp³-hybridized carbons (Fsp3) is 0.625. The van der Waals surface area contributed by atoms with Crippen molar-refractivity contribution < 1.29 is 9.47 Å². The molecule has 2 rings (SSSR count). The minimum absolute atomic E-state index is 0.363. The fourth-order valence-corrected chi connectivity index (χ4v) is 2.65. The summed E-state index contributed by atoms with van der Waals surface area (Å²) in [6.07, 6.45) is 1.13. The predicted molar refractivity (Wildman–Crippen MR) is 77.9 cm³/mol. The molecule has 0 spiro atoms. The molecule has 0 aliphatic carbocycles. The first kappa shape index (κ1) is 14.4. The van der Waals surface area contributed by atoms with E-state index in [1.54, 1.807) is 0 Å². The van der Waals surface area contributed by atoms with Crippen molar-refractivity contribution in [3.8, 4) is 5.75 Å². The monoisotopic (exact) mass is 263 g/mol. The van der Waals surface area contributed by atoms with Crippen molar-refractivity contribution in [3.05, 3.63) is 28.8 Å². The predicted octanol–water partition coefficient (Wildman–Crippen LogP) is 2.62. The molecule has 1 N–H and O–H groups in total. The van der Waals surface area contributed by atoms with Crippen LogP contribution in [0.5, 0.6) is 5.75 Å². The summed E-state index contributed by atoms with van der Waals surface area (Å²) in [6, 6.07) is 4.64. The SMILES string of the molecule is CNC(COc1c(C)ccc(C)c1C)C1CCOC1. The van der Waals surface area contributed by atoms with Crippen LogP contribution in [0.4, 0.5) is 0 Å². The van der Waals surface area contributed by atoms with E-state index in [2.05, 4.69) is 38.2 Å². The highest BCUT2D eigenvalue weighted by Crippen LogP contribution is 2.26. The largest absolute Gasteiger partial charge is 0.491 e. The number of likely N-dealkylation sites (N-methyl/N-ethyl adjacent to an activating group) is 1. The molecule has 0 amide bonds. The summed E-state index contributed by atoms with van der Waals surface area (Å²) in [5, 5.41) is 3.36. The lowest BCUT2D eigenvalue weighted by Crippen LogP contribution is -2.39. The lowest BCUT2D eigenvalue weighted by molar-refractivity contribution is 0.162. The third-order valence-corrected chi connectivity index (χ3v) is 4.19. The molecule has 3 nitrogen and oxygen atoms in total. The van der Waals surface area contributed by atoms with Gasteiger partial charge in [-0.3, -0.25) is 0 Å². The van der Waals surface area contributed by atoms with E-state index in [0.717, 1.165) is 25.4 Å². The molecule has 1 heterocycles. The zero-order valence-corrected chi connectivity index (χ0v) is 12.5. The third kappa shape index (κ3) is 3.28. The zero-order chi connectivity index (χ0) is 13.8. The van der Waals surface area contributed by atoms with E-state index in [1.807, 2.05) is 7.05 Å². The molecule has 1 aliphatic heterocycles. The minimum Gasteiger partial charge on any atom is -0.491 e. The quantitative estimate of drug-likeness (QED) is 0.886. The van der Waals surface area contributed by atoms with E-state index in [0.29, 0.717) is 18.6 Å². The molecule has 2 unspecified atom stereocenters. The molecule has 1 saturated heterocycles. The lowest BCUT2D eigenvalue weighted by Gasteiger charge is -2.23. The van der Waals surface area contributed by atoms with Gasteiger partial charge in [-0.25, -0.2) is 0 Å². The van der Waals surface area contributed by atoms with Crippen LogP contribution in [0.1, 0.15) is 23.1 Å². The van der Waals surface area contributed by atoms with Crippen LogP contribution in [0.25, 0.3) is 0 Å². The molecule has 0 bridgehead atoms. The van der Waals surface area contributed by atoms with E-state index >= 15 is 0 Å². The number of ether oxygens (including phenoxy) is 2. The molecular formula is C16H25NO2. The van der Waals surface area contributed by atoms with Gasteiger partial charge < -0.3 is 14.8 Å². The number of nitrogens with one attached hydrogen (secondary N) is 1. The summed E-state index contributed by atoms with van der Waals surface area (Å²) in [4.78, 5) is 0. The first-order valence-electron chi connectivity index (χ1n) is 7.08. The molecule has 3 heteroatoms. The van der Waals surface area contributed by atoms with Crippen LogP contribution in [0.15, 0.2) is 12.1 Å². The van der Waals surface area contributed by atoms with Crippen LogP contribution in [0, 0.1) is 26.7 Å². The number of benzene rings is 1. The van der Waals surface area contributed by atoms with Crippen molar-refractivity contribution in [3.63, 3.8) is 0 Å². The van der Waals surface area contributed by atoms with E-state index in [-0.39, 0.29) is 0 Å². The normalized spacial score (nSPS) is 20.5. The van der Waals surface area contributed by atoms with Crippen molar-refractivity contribution in [1.82, 2.24) is 5.32 Å². The van der Waals surface area contributed by atoms with Gasteiger partial charge >= 0.3 is 0 Å². The first-order chi connectivity index (χ1) is 9.13. The lowest BCUT2D eigenvalue weighted by atomic mass is 10.00. The van der Waals surface area contributed by atoms with Crippen molar-refractivity contribution in [2.45, 2.75) is 33.2 Å². The molecule has 1 aromatic carbocycles. The van der Waals surface area contributed by atoms with Gasteiger partial charge in [0.05, 0.1) is 6.61 Å². The summed E-state index contributed by atoms with van der Waals surface area (Å²) >= 11 is 0. The van der Waals surface area contributed by atoms with E-state index in [4.69, 9.17) is 9.47 Å². The number of hydrogen-bond donors (Lipinski definition) is 1. The second-order valence-corrected chi connectivity index (χ2v) is 5.48. The standard InChI is InChI=1S/C16H25NO2/c1-11-5-6-12(2)16(13(11)3)19-10-15(17-4)14-7-8-18-9-14/h5-6,14-15,17H,7-10H2,1-4H3. The first-order valence-corrected chi connectivity index (χ1v) is 7.08. The summed E-state index contributed by atoms with van der Waals surface area (Å²) in [5.41, 5.74) is 3.74. The second kappa shape index (κ2) is 6.40. The van der Waals surface area contributed by atoms with Gasteiger partial charge in [0.15, 0.2) is 0 Å². The highest BCUT2D eigenvalue weighted by molar-refractivity contribution is 5.44. The second-order valence-electron chi connectivity index (χ2n) is 5.48. The number of hydrogen-bond acceptors (Lipinski definition) is 3. The topological polar surface area (TPSA) is 30.5 Å². The Morgan fingerprint density at radius 1 is 1.32 bits per heavy atom. The van der Waals surface area contributed by atoms with Crippen molar-refractivity contribution in [2.75, 3.05) is 26.9 Å². The molecular weight excluding hydrogens is 238 g/mol. The average molecular weight is 263 g/mol. The molecule has 1 fully saturated rings. The van der Waals surface area contributed by atoms with E-state index < -0.39 is 0 Å². The molecule has 2 atom stereocenters. The minimum atomic E-state index is 0.363. The Hall–Kier alpha value is -1.06. The molecule has 1 aliphatic rings. The van der Waals surface area contributed by atoms with Gasteiger partial charge in [-0.2, -0.15) is 0 Å². The van der Waals surface area contributed by atoms with Crippen LogP contribution in [-0.4, -0.2) is 32.9 Å². The summed E-state index contributed by atoms with van der Waals surface area (Å²) in [6.45, 7) is 8.79. The Morgan fingerprint density at radius 2 is 2.05 bits per heavy atom. The molecule has 0 saturated carbocycles. The van der Waals surface area contributed by atoms with E-state index in [9.17, 15) is 0 Å². The Kier molecular flexibility index (Phi) is 4.83. The Morgan fingerprint density at radius 3 is 2.68 bits per heavy atom. The molecule has 19 heavy (non-hydrogen) atoms. The zero-order valence-electron chi connectivity index (χ0n) is 12.5. The average Bonchev–Trinajstić information content (AvgIpc) is 2.92. The van der Waals surface area contributed by atoms with Crippen molar-refractivity contribution >= 4 is 0 Å². The number of rotatable bonds is 5. The van der Waals surface area contributed by atoms with Crippen molar-refractivity contribution in [2.24, 2.45) is 5.92 Å². The van der Waals surface area contributed by atoms with Crippen LogP contribution < -0.4 is 10.1 Å². The summed E-state index contributed by atoms with van der Waals surface area (Å²) in [5.74, 6) is 1.61. The van der Waals surface area contributed by atoms with Gasteiger partial charge in [0, 0.05) is 18.6 Å². The van der Waals surface area contributed by atoms with Crippen LogP contribution in [-0.2, 0) is 4.74 Å². The maximum Gasteiger partial charge on any atom is 0.125 e. The smallest absolute Gasteiger partial charge is 0.125 e. The van der Waals surface area contributed by atoms with Crippen LogP contribution >= 0.6 is 0 Å². The Balaban J connectivity index is 2.03. The molecule has 0 radical (unpaired) electrons. The van der Waals surface area contributed by atoms with Gasteiger partial charge in [0.25, 0.3) is 0 Å². The maximum atomic E-state index is 6.10. The molecule has 0 aromatic heterocycles. The van der Waals surface area contributed by atoms with Gasteiger partial charge in [-0.15, -0.1) is 0 Å².